The molecule has 1 aliphatic rings. The molecule has 0 spiro atoms. The molecule has 1 fully saturated rings. The number of hydrogen-bond donors (Lipinski definition) is 3. The molecule has 0 aromatic heterocycles. The number of nitrogens with zero attached hydrogens (tertiary/aromatic N) is 2. The number of esters is 1. The van der Waals surface area contributed by atoms with Crippen molar-refractivity contribution in [3.63, 3.8) is 0 Å². The van der Waals surface area contributed by atoms with Gasteiger partial charge in [0.2, 0.25) is 0 Å². The normalized spacial score (nSPS) is 19.4. The summed E-state index contributed by atoms with van der Waals surface area (Å²) in [5.41, 5.74) is 10.7. The van der Waals surface area contributed by atoms with Gasteiger partial charge in [0.05, 0.1) is 5.75 Å². The molecular formula is C11H24N4O5S. The van der Waals surface area contributed by atoms with E-state index < -0.39 is 22.1 Å². The van der Waals surface area contributed by atoms with Gasteiger partial charge in [-0.05, 0) is 0 Å². The molecule has 0 amide bonds. The van der Waals surface area contributed by atoms with Crippen LogP contribution in [0.15, 0.2) is 0 Å². The summed E-state index contributed by atoms with van der Waals surface area (Å²) in [6, 6.07) is -0.776. The van der Waals surface area contributed by atoms with Crippen molar-refractivity contribution in [2.75, 3.05) is 58.2 Å². The lowest BCUT2D eigenvalue weighted by Crippen LogP contribution is -2.48. The molecule has 124 valence electrons. The second-order valence-corrected chi connectivity index (χ2v) is 6.55. The predicted octanol–water partition coefficient (Wildman–Crippen LogP) is -2.68. The van der Waals surface area contributed by atoms with Crippen molar-refractivity contribution in [2.24, 2.45) is 11.5 Å². The molecule has 1 heterocycles. The van der Waals surface area contributed by atoms with Crippen molar-refractivity contribution in [1.82, 2.24) is 9.80 Å². The van der Waals surface area contributed by atoms with Gasteiger partial charge in [0, 0.05) is 45.8 Å². The molecule has 1 unspecified atom stereocenters. The highest BCUT2D eigenvalue weighted by Crippen LogP contribution is 2.02. The number of carbonyl (C=O) groups excluding carboxylic acids is 1. The quantitative estimate of drug-likeness (QED) is 0.322. The fraction of sp³-hybridized carbons (Fsp3) is 0.909. The second-order valence-electron chi connectivity index (χ2n) is 4.98. The van der Waals surface area contributed by atoms with Crippen molar-refractivity contribution < 1.29 is 22.5 Å². The number of rotatable bonds is 8. The standard InChI is InChI=1S/C11H24N4O5S/c12-9-10(13)11(16)20-7-5-14-1-3-15(4-2-14)6-8-21(17,18)19/h10H,1-9,12-13H2,(H,17,18,19). The van der Waals surface area contributed by atoms with Crippen molar-refractivity contribution in [3.05, 3.63) is 0 Å². The Hall–Kier alpha value is -0.780. The van der Waals surface area contributed by atoms with Crippen LogP contribution in [0.25, 0.3) is 0 Å². The minimum atomic E-state index is -3.91. The fourth-order valence-corrected chi connectivity index (χ4v) is 2.45. The smallest absolute Gasteiger partial charge is 0.324 e. The van der Waals surface area contributed by atoms with Gasteiger partial charge >= 0.3 is 5.97 Å². The van der Waals surface area contributed by atoms with E-state index in [1.54, 1.807) is 0 Å². The summed E-state index contributed by atoms with van der Waals surface area (Å²) in [5, 5.41) is 0. The van der Waals surface area contributed by atoms with Crippen molar-refractivity contribution in [2.45, 2.75) is 6.04 Å². The van der Waals surface area contributed by atoms with E-state index in [1.807, 2.05) is 4.90 Å². The summed E-state index contributed by atoms with van der Waals surface area (Å²) < 4.78 is 35.1. The third-order valence-corrected chi connectivity index (χ3v) is 4.04. The number of piperazine rings is 1. The first kappa shape index (κ1) is 18.3. The van der Waals surface area contributed by atoms with E-state index in [-0.39, 0.29) is 18.9 Å². The highest BCUT2D eigenvalue weighted by Gasteiger charge is 2.19. The third-order valence-electron chi connectivity index (χ3n) is 3.34. The Balaban J connectivity index is 2.15. The largest absolute Gasteiger partial charge is 0.463 e. The zero-order valence-corrected chi connectivity index (χ0v) is 12.8. The highest BCUT2D eigenvalue weighted by molar-refractivity contribution is 7.85. The first-order valence-electron chi connectivity index (χ1n) is 6.84. The number of hydrogen-bond acceptors (Lipinski definition) is 8. The molecule has 0 radical (unpaired) electrons. The Morgan fingerprint density at radius 2 is 1.71 bits per heavy atom. The Morgan fingerprint density at radius 3 is 2.19 bits per heavy atom. The predicted molar refractivity (Wildman–Crippen MR) is 77.3 cm³/mol. The molecule has 0 aromatic carbocycles. The van der Waals surface area contributed by atoms with Gasteiger partial charge in [-0.15, -0.1) is 0 Å². The molecular weight excluding hydrogens is 300 g/mol. The van der Waals surface area contributed by atoms with Crippen LogP contribution in [0.3, 0.4) is 0 Å². The highest BCUT2D eigenvalue weighted by atomic mass is 32.2. The Kier molecular flexibility index (Phi) is 7.49. The maximum Gasteiger partial charge on any atom is 0.324 e. The van der Waals surface area contributed by atoms with E-state index in [2.05, 4.69) is 4.90 Å². The van der Waals surface area contributed by atoms with Gasteiger partial charge in [0.25, 0.3) is 10.1 Å². The van der Waals surface area contributed by atoms with Crippen molar-refractivity contribution >= 4 is 16.1 Å². The van der Waals surface area contributed by atoms with E-state index in [0.717, 1.165) is 13.1 Å². The SMILES string of the molecule is NCC(N)C(=O)OCCN1CCN(CCS(=O)(=O)O)CC1. The molecule has 1 saturated heterocycles. The molecule has 9 nitrogen and oxygen atoms in total. The van der Waals surface area contributed by atoms with Crippen LogP contribution >= 0.6 is 0 Å². The summed E-state index contributed by atoms with van der Waals surface area (Å²) in [7, 11) is -3.91. The molecule has 0 bridgehead atoms. The Morgan fingerprint density at radius 1 is 1.19 bits per heavy atom. The molecule has 0 aliphatic carbocycles. The van der Waals surface area contributed by atoms with Gasteiger partial charge in [-0.1, -0.05) is 0 Å². The first-order chi connectivity index (χ1) is 9.81. The summed E-state index contributed by atoms with van der Waals surface area (Å²) in [6.07, 6.45) is 0. The van der Waals surface area contributed by atoms with Crippen LogP contribution in [-0.4, -0.2) is 93.0 Å². The molecule has 0 aromatic rings. The Bertz CT molecular complexity index is 422. The van der Waals surface area contributed by atoms with Crippen LogP contribution in [0.5, 0.6) is 0 Å². The lowest BCUT2D eigenvalue weighted by Gasteiger charge is -2.34. The third kappa shape index (κ3) is 7.69. The maximum atomic E-state index is 11.3. The summed E-state index contributed by atoms with van der Waals surface area (Å²) in [6.45, 7) is 4.19. The average Bonchev–Trinajstić information content (AvgIpc) is 2.44. The monoisotopic (exact) mass is 324 g/mol. The van der Waals surface area contributed by atoms with Gasteiger partial charge in [-0.2, -0.15) is 8.42 Å². The van der Waals surface area contributed by atoms with Crippen molar-refractivity contribution in [3.8, 4) is 0 Å². The molecule has 5 N–H and O–H groups in total. The van der Waals surface area contributed by atoms with Gasteiger partial charge < -0.3 is 16.2 Å². The minimum Gasteiger partial charge on any atom is -0.463 e. The summed E-state index contributed by atoms with van der Waals surface area (Å²) in [4.78, 5) is 15.4. The average molecular weight is 324 g/mol. The summed E-state index contributed by atoms with van der Waals surface area (Å²) in [5.74, 6) is -0.744. The minimum absolute atomic E-state index is 0.0608. The van der Waals surface area contributed by atoms with E-state index in [9.17, 15) is 13.2 Å². The van der Waals surface area contributed by atoms with Crippen LogP contribution in [0.1, 0.15) is 0 Å². The van der Waals surface area contributed by atoms with E-state index in [0.29, 0.717) is 26.2 Å². The van der Waals surface area contributed by atoms with E-state index in [4.69, 9.17) is 20.8 Å². The summed E-state index contributed by atoms with van der Waals surface area (Å²) >= 11 is 0. The van der Waals surface area contributed by atoms with Crippen molar-refractivity contribution in [1.29, 1.82) is 0 Å². The topological polar surface area (TPSA) is 139 Å². The molecule has 10 heteroatoms. The van der Waals surface area contributed by atoms with Crippen LogP contribution in [0, 0.1) is 0 Å². The van der Waals surface area contributed by atoms with Crippen LogP contribution in [0.4, 0.5) is 0 Å². The number of nitrogens with two attached hydrogens (primary N) is 2. The zero-order valence-electron chi connectivity index (χ0n) is 12.0. The molecule has 21 heavy (non-hydrogen) atoms. The second kappa shape index (κ2) is 8.61. The molecule has 1 rings (SSSR count). The maximum absolute atomic E-state index is 11.3. The number of ether oxygens (including phenoxy) is 1. The van der Waals surface area contributed by atoms with E-state index >= 15 is 0 Å². The molecule has 1 aliphatic heterocycles. The van der Waals surface area contributed by atoms with Crippen LogP contribution in [-0.2, 0) is 19.6 Å². The van der Waals surface area contributed by atoms with Gasteiger partial charge in [-0.25, -0.2) is 0 Å². The number of carbonyl (C=O) groups is 1. The van der Waals surface area contributed by atoms with Gasteiger partial charge in [0.1, 0.15) is 12.6 Å². The molecule has 0 saturated carbocycles. The van der Waals surface area contributed by atoms with E-state index in [1.165, 1.54) is 0 Å². The molecule has 1 atom stereocenters. The Labute approximate surface area is 124 Å². The zero-order chi connectivity index (χ0) is 15.9. The first-order valence-corrected chi connectivity index (χ1v) is 8.45. The fourth-order valence-electron chi connectivity index (χ4n) is 1.96. The lowest BCUT2D eigenvalue weighted by atomic mass is 10.3. The van der Waals surface area contributed by atoms with Gasteiger partial charge in [-0.3, -0.25) is 19.1 Å². The van der Waals surface area contributed by atoms with Crippen LogP contribution < -0.4 is 11.5 Å². The lowest BCUT2D eigenvalue weighted by molar-refractivity contribution is -0.145. The van der Waals surface area contributed by atoms with Crippen LogP contribution in [0.2, 0.25) is 0 Å². The van der Waals surface area contributed by atoms with Gasteiger partial charge in [0.15, 0.2) is 0 Å².